The fraction of sp³-hybridized carbons (Fsp3) is 0.467. The third-order valence-electron chi connectivity index (χ3n) is 2.72. The number of hydrogen-bond donors (Lipinski definition) is 2. The first-order chi connectivity index (χ1) is 9.23. The van der Waals surface area contributed by atoms with Crippen LogP contribution in [0.25, 0.3) is 0 Å². The van der Waals surface area contributed by atoms with Crippen LogP contribution >= 0.6 is 0 Å². The molecule has 1 amide bonds. The molecule has 0 saturated carbocycles. The van der Waals surface area contributed by atoms with E-state index in [4.69, 9.17) is 11.0 Å². The number of benzene rings is 1. The highest BCUT2D eigenvalue weighted by molar-refractivity contribution is 5.92. The SMILES string of the molecule is CC(C)(C)CC(N)CC(=O)Nc1cccc(F)c1C#N. The van der Waals surface area contributed by atoms with Crippen LogP contribution in [0, 0.1) is 22.6 Å². The molecule has 1 atom stereocenters. The van der Waals surface area contributed by atoms with Crippen molar-refractivity contribution < 1.29 is 9.18 Å². The Morgan fingerprint density at radius 1 is 1.50 bits per heavy atom. The molecule has 1 unspecified atom stereocenters. The third-order valence-corrected chi connectivity index (χ3v) is 2.72. The maximum Gasteiger partial charge on any atom is 0.225 e. The van der Waals surface area contributed by atoms with Gasteiger partial charge in [0.15, 0.2) is 0 Å². The summed E-state index contributed by atoms with van der Waals surface area (Å²) in [5, 5.41) is 11.4. The molecule has 0 aliphatic heterocycles. The molecule has 1 aromatic carbocycles. The quantitative estimate of drug-likeness (QED) is 0.888. The largest absolute Gasteiger partial charge is 0.327 e. The van der Waals surface area contributed by atoms with Gasteiger partial charge in [0.05, 0.1) is 5.69 Å². The van der Waals surface area contributed by atoms with Crippen molar-refractivity contribution in [1.29, 1.82) is 5.26 Å². The second-order valence-corrected chi connectivity index (χ2v) is 6.05. The van der Waals surface area contributed by atoms with Crippen molar-refractivity contribution in [3.05, 3.63) is 29.6 Å². The molecule has 108 valence electrons. The van der Waals surface area contributed by atoms with Crippen LogP contribution in [0.1, 0.15) is 39.2 Å². The van der Waals surface area contributed by atoms with E-state index in [0.717, 1.165) is 0 Å². The molecule has 0 aliphatic carbocycles. The van der Waals surface area contributed by atoms with Crippen molar-refractivity contribution in [2.75, 3.05) is 5.32 Å². The van der Waals surface area contributed by atoms with E-state index >= 15 is 0 Å². The van der Waals surface area contributed by atoms with Gasteiger partial charge in [-0.3, -0.25) is 4.79 Å². The highest BCUT2D eigenvalue weighted by Crippen LogP contribution is 2.22. The minimum absolute atomic E-state index is 0.0381. The van der Waals surface area contributed by atoms with Crippen molar-refractivity contribution in [1.82, 2.24) is 0 Å². The van der Waals surface area contributed by atoms with Gasteiger partial charge in [-0.15, -0.1) is 0 Å². The van der Waals surface area contributed by atoms with Gasteiger partial charge >= 0.3 is 0 Å². The fourth-order valence-electron chi connectivity index (χ4n) is 2.04. The molecule has 4 nitrogen and oxygen atoms in total. The first kappa shape index (κ1) is 16.1. The number of nitrogens with one attached hydrogen (secondary N) is 1. The van der Waals surface area contributed by atoms with E-state index in [1.165, 1.54) is 18.2 Å². The average molecular weight is 277 g/mol. The number of anilines is 1. The van der Waals surface area contributed by atoms with Gasteiger partial charge in [-0.2, -0.15) is 5.26 Å². The van der Waals surface area contributed by atoms with E-state index in [1.54, 1.807) is 6.07 Å². The van der Waals surface area contributed by atoms with Crippen molar-refractivity contribution in [2.45, 2.75) is 39.7 Å². The van der Waals surface area contributed by atoms with Gasteiger partial charge in [-0.25, -0.2) is 4.39 Å². The molecule has 0 spiro atoms. The van der Waals surface area contributed by atoms with Crippen LogP contribution in [0.2, 0.25) is 0 Å². The van der Waals surface area contributed by atoms with Crippen LogP contribution in [-0.2, 0) is 4.79 Å². The fourth-order valence-corrected chi connectivity index (χ4v) is 2.04. The Kier molecular flexibility index (Phi) is 5.23. The maximum atomic E-state index is 13.4. The van der Waals surface area contributed by atoms with E-state index in [2.05, 4.69) is 5.32 Å². The number of rotatable bonds is 4. The Morgan fingerprint density at radius 2 is 2.15 bits per heavy atom. The molecule has 3 N–H and O–H groups in total. The van der Waals surface area contributed by atoms with E-state index in [0.29, 0.717) is 6.42 Å². The van der Waals surface area contributed by atoms with Gasteiger partial charge < -0.3 is 11.1 Å². The molecule has 0 bridgehead atoms. The minimum Gasteiger partial charge on any atom is -0.327 e. The first-order valence-electron chi connectivity index (χ1n) is 6.47. The molecular formula is C15H20FN3O. The zero-order valence-electron chi connectivity index (χ0n) is 12.0. The third kappa shape index (κ3) is 4.98. The maximum absolute atomic E-state index is 13.4. The Labute approximate surface area is 118 Å². The summed E-state index contributed by atoms with van der Waals surface area (Å²) in [5.74, 6) is -0.965. The van der Waals surface area contributed by atoms with Crippen molar-refractivity contribution in [3.63, 3.8) is 0 Å². The predicted octanol–water partition coefficient (Wildman–Crippen LogP) is 2.79. The van der Waals surface area contributed by atoms with E-state index in [9.17, 15) is 9.18 Å². The number of nitriles is 1. The standard InChI is InChI=1S/C15H20FN3O/c1-15(2,3)8-10(18)7-14(20)19-13-6-4-5-12(16)11(13)9-17/h4-6,10H,7-8,18H2,1-3H3,(H,19,20). The van der Waals surface area contributed by atoms with Gasteiger partial charge in [0.1, 0.15) is 17.4 Å². The second-order valence-electron chi connectivity index (χ2n) is 6.05. The zero-order chi connectivity index (χ0) is 15.3. The van der Waals surface area contributed by atoms with Crippen LogP contribution in [0.5, 0.6) is 0 Å². The molecule has 1 aromatic rings. The number of amides is 1. The summed E-state index contributed by atoms with van der Waals surface area (Å²) in [6.07, 6.45) is 0.841. The summed E-state index contributed by atoms with van der Waals surface area (Å²) in [7, 11) is 0. The normalized spacial score (nSPS) is 12.6. The van der Waals surface area contributed by atoms with Gasteiger partial charge in [0.2, 0.25) is 5.91 Å². The van der Waals surface area contributed by atoms with Crippen molar-refractivity contribution in [2.24, 2.45) is 11.1 Å². The summed E-state index contributed by atoms with van der Waals surface area (Å²) in [6.45, 7) is 6.14. The lowest BCUT2D eigenvalue weighted by molar-refractivity contribution is -0.116. The number of nitrogens with two attached hydrogens (primary N) is 1. The first-order valence-corrected chi connectivity index (χ1v) is 6.47. The lowest BCUT2D eigenvalue weighted by Gasteiger charge is -2.22. The Hall–Kier alpha value is -1.93. The predicted molar refractivity (Wildman–Crippen MR) is 76.4 cm³/mol. The van der Waals surface area contributed by atoms with Gasteiger partial charge in [0.25, 0.3) is 0 Å². The molecule has 0 aliphatic rings. The second kappa shape index (κ2) is 6.49. The molecular weight excluding hydrogens is 257 g/mol. The molecule has 0 heterocycles. The van der Waals surface area contributed by atoms with Crippen LogP contribution < -0.4 is 11.1 Å². The Bertz CT molecular complexity index is 529. The highest BCUT2D eigenvalue weighted by Gasteiger charge is 2.19. The van der Waals surface area contributed by atoms with Crippen LogP contribution in [0.4, 0.5) is 10.1 Å². The Morgan fingerprint density at radius 3 is 2.70 bits per heavy atom. The van der Waals surface area contributed by atoms with Crippen LogP contribution in [0.15, 0.2) is 18.2 Å². The van der Waals surface area contributed by atoms with Crippen LogP contribution in [-0.4, -0.2) is 11.9 Å². The molecule has 0 saturated heterocycles. The zero-order valence-corrected chi connectivity index (χ0v) is 12.0. The monoisotopic (exact) mass is 277 g/mol. The number of halogens is 1. The number of carbonyl (C=O) groups is 1. The summed E-state index contributed by atoms with van der Waals surface area (Å²) < 4.78 is 13.4. The summed E-state index contributed by atoms with van der Waals surface area (Å²) in [4.78, 5) is 11.9. The molecule has 0 aromatic heterocycles. The number of carbonyl (C=O) groups excluding carboxylic acids is 1. The van der Waals surface area contributed by atoms with Crippen LogP contribution in [0.3, 0.4) is 0 Å². The van der Waals surface area contributed by atoms with Crippen molar-refractivity contribution >= 4 is 11.6 Å². The molecule has 20 heavy (non-hydrogen) atoms. The molecule has 5 heteroatoms. The van der Waals surface area contributed by atoms with E-state index in [-0.39, 0.29) is 35.0 Å². The van der Waals surface area contributed by atoms with E-state index < -0.39 is 5.82 Å². The minimum atomic E-state index is -0.649. The van der Waals surface area contributed by atoms with Gasteiger partial charge in [-0.05, 0) is 24.0 Å². The summed E-state index contributed by atoms with van der Waals surface area (Å²) in [5.41, 5.74) is 5.97. The molecule has 0 radical (unpaired) electrons. The van der Waals surface area contributed by atoms with Gasteiger partial charge in [-0.1, -0.05) is 26.8 Å². The number of nitrogens with zero attached hydrogens (tertiary/aromatic N) is 1. The van der Waals surface area contributed by atoms with Gasteiger partial charge in [0, 0.05) is 12.5 Å². The van der Waals surface area contributed by atoms with E-state index in [1.807, 2.05) is 20.8 Å². The topological polar surface area (TPSA) is 78.9 Å². The number of hydrogen-bond acceptors (Lipinski definition) is 3. The lowest BCUT2D eigenvalue weighted by Crippen LogP contribution is -2.31. The Balaban J connectivity index is 2.69. The average Bonchev–Trinajstić information content (AvgIpc) is 2.26. The summed E-state index contributed by atoms with van der Waals surface area (Å²) >= 11 is 0. The molecule has 0 fully saturated rings. The highest BCUT2D eigenvalue weighted by atomic mass is 19.1. The smallest absolute Gasteiger partial charge is 0.225 e. The lowest BCUT2D eigenvalue weighted by atomic mass is 9.87. The van der Waals surface area contributed by atoms with Crippen molar-refractivity contribution in [3.8, 4) is 6.07 Å². The molecule has 1 rings (SSSR count). The summed E-state index contributed by atoms with van der Waals surface area (Å²) in [6, 6.07) is 5.59.